The Morgan fingerprint density at radius 1 is 1.12 bits per heavy atom. The second kappa shape index (κ2) is 9.13. The topological polar surface area (TPSA) is 92.9 Å². The monoisotopic (exact) mass is 441 g/mol. The minimum atomic E-state index is 0.262. The molecule has 0 radical (unpaired) electrons. The van der Waals surface area contributed by atoms with E-state index in [1.807, 2.05) is 6.07 Å². The van der Waals surface area contributed by atoms with E-state index in [0.717, 1.165) is 61.7 Å². The molecule has 0 spiro atoms. The Morgan fingerprint density at radius 3 is 2.66 bits per heavy atom. The van der Waals surface area contributed by atoms with Gasteiger partial charge in [0.1, 0.15) is 23.2 Å². The molecule has 3 aliphatic heterocycles. The molecule has 2 unspecified atom stereocenters. The van der Waals surface area contributed by atoms with Gasteiger partial charge in [-0.2, -0.15) is 15.4 Å². The predicted molar refractivity (Wildman–Crippen MR) is 126 cm³/mol. The predicted octanol–water partition coefficient (Wildman–Crippen LogP) is 1.32. The Labute approximate surface area is 190 Å². The molecule has 5 rings (SSSR count). The standard InChI is InChI=1S/C22H35N9O/c1-4-16-11-17(32-28-16)14-23-22-25-19(13-21(26-22)31-9-7-29(2)8-10-31)24-20-12-18(15-5-6-15)30(3)27-20/h11-13,15-16,18,27-28H,4-10,14H2,1-3H3,(H2,23,24,25,26). The van der Waals surface area contributed by atoms with Crippen LogP contribution in [0.3, 0.4) is 0 Å². The molecule has 4 heterocycles. The van der Waals surface area contributed by atoms with E-state index in [-0.39, 0.29) is 6.04 Å². The second-order valence-electron chi connectivity index (χ2n) is 9.20. The molecule has 2 fully saturated rings. The van der Waals surface area contributed by atoms with Gasteiger partial charge in [0, 0.05) is 39.3 Å². The van der Waals surface area contributed by atoms with Crippen LogP contribution in [0.4, 0.5) is 17.6 Å². The Bertz CT molecular complexity index is 876. The molecule has 2 atom stereocenters. The molecule has 1 aromatic rings. The van der Waals surface area contributed by atoms with Crippen molar-refractivity contribution in [1.82, 2.24) is 30.8 Å². The van der Waals surface area contributed by atoms with E-state index in [4.69, 9.17) is 14.8 Å². The largest absolute Gasteiger partial charge is 0.411 e. The number of aromatic nitrogens is 2. The molecule has 0 amide bonds. The molecule has 10 nitrogen and oxygen atoms in total. The van der Waals surface area contributed by atoms with Gasteiger partial charge in [0.05, 0.1) is 18.6 Å². The van der Waals surface area contributed by atoms with E-state index < -0.39 is 0 Å². The number of hydroxylamine groups is 1. The summed E-state index contributed by atoms with van der Waals surface area (Å²) in [7, 11) is 4.26. The smallest absolute Gasteiger partial charge is 0.227 e. The lowest BCUT2D eigenvalue weighted by Crippen LogP contribution is -2.44. The number of likely N-dealkylation sites (N-methyl/N-ethyl adjacent to an activating group) is 2. The lowest BCUT2D eigenvalue weighted by Gasteiger charge is -2.33. The molecular formula is C22H35N9O. The quantitative estimate of drug-likeness (QED) is 0.473. The molecule has 4 aliphatic rings. The summed E-state index contributed by atoms with van der Waals surface area (Å²) in [5, 5.41) is 9.01. The summed E-state index contributed by atoms with van der Waals surface area (Å²) in [4.78, 5) is 19.8. The number of hydrogen-bond donors (Lipinski definition) is 4. The van der Waals surface area contributed by atoms with Crippen LogP contribution in [-0.2, 0) is 4.84 Å². The normalized spacial score (nSPS) is 26.4. The molecule has 174 valence electrons. The van der Waals surface area contributed by atoms with Gasteiger partial charge in [0.2, 0.25) is 5.95 Å². The third-order valence-electron chi connectivity index (χ3n) is 6.58. The van der Waals surface area contributed by atoms with E-state index in [0.29, 0.717) is 18.5 Å². The van der Waals surface area contributed by atoms with Crippen LogP contribution in [0.15, 0.2) is 29.8 Å². The first kappa shape index (κ1) is 21.3. The van der Waals surface area contributed by atoms with Crippen molar-refractivity contribution >= 4 is 17.6 Å². The number of hydrazine groups is 1. The van der Waals surface area contributed by atoms with Gasteiger partial charge in [0.15, 0.2) is 0 Å². The number of anilines is 3. The van der Waals surface area contributed by atoms with Crippen molar-refractivity contribution in [3.8, 4) is 0 Å². The van der Waals surface area contributed by atoms with Crippen LogP contribution >= 0.6 is 0 Å². The van der Waals surface area contributed by atoms with E-state index in [2.05, 4.69) is 69.5 Å². The maximum absolute atomic E-state index is 5.56. The molecule has 4 N–H and O–H groups in total. The average molecular weight is 442 g/mol. The number of hydrogen-bond acceptors (Lipinski definition) is 10. The third-order valence-corrected chi connectivity index (χ3v) is 6.58. The van der Waals surface area contributed by atoms with E-state index >= 15 is 0 Å². The van der Waals surface area contributed by atoms with Gasteiger partial charge in [-0.1, -0.05) is 6.92 Å². The molecule has 0 bridgehead atoms. The summed E-state index contributed by atoms with van der Waals surface area (Å²) in [5.74, 6) is 4.93. The van der Waals surface area contributed by atoms with Crippen LogP contribution in [0.2, 0.25) is 0 Å². The highest BCUT2D eigenvalue weighted by atomic mass is 16.7. The van der Waals surface area contributed by atoms with Crippen LogP contribution in [0.25, 0.3) is 0 Å². The van der Waals surface area contributed by atoms with Crippen molar-refractivity contribution in [3.63, 3.8) is 0 Å². The molecule has 0 aromatic carbocycles. The van der Waals surface area contributed by atoms with Crippen molar-refractivity contribution < 1.29 is 4.84 Å². The highest BCUT2D eigenvalue weighted by molar-refractivity contribution is 5.56. The Hall–Kier alpha value is -2.56. The number of rotatable bonds is 8. The van der Waals surface area contributed by atoms with E-state index in [1.54, 1.807) is 0 Å². The van der Waals surface area contributed by atoms with Gasteiger partial charge in [-0.15, -0.1) is 0 Å². The summed E-state index contributed by atoms with van der Waals surface area (Å²) in [6.07, 6.45) is 7.99. The molecule has 1 aromatic heterocycles. The van der Waals surface area contributed by atoms with Crippen LogP contribution in [0.1, 0.15) is 26.2 Å². The summed E-state index contributed by atoms with van der Waals surface area (Å²) >= 11 is 0. The number of nitrogens with zero attached hydrogens (tertiary/aromatic N) is 5. The van der Waals surface area contributed by atoms with Gasteiger partial charge in [-0.25, -0.2) is 5.01 Å². The van der Waals surface area contributed by atoms with Crippen molar-refractivity contribution in [3.05, 3.63) is 29.8 Å². The lowest BCUT2D eigenvalue weighted by atomic mass is 10.2. The first-order valence-corrected chi connectivity index (χ1v) is 11.7. The molecule has 32 heavy (non-hydrogen) atoms. The van der Waals surface area contributed by atoms with Crippen molar-refractivity contribution in [2.24, 2.45) is 5.92 Å². The van der Waals surface area contributed by atoms with Crippen molar-refractivity contribution in [2.75, 3.05) is 62.4 Å². The molecular weight excluding hydrogens is 406 g/mol. The molecule has 10 heteroatoms. The fraction of sp³-hybridized carbons (Fsp3) is 0.636. The highest BCUT2D eigenvalue weighted by Crippen LogP contribution is 2.37. The zero-order chi connectivity index (χ0) is 22.1. The Morgan fingerprint density at radius 2 is 1.94 bits per heavy atom. The van der Waals surface area contributed by atoms with Crippen molar-refractivity contribution in [2.45, 2.75) is 38.3 Å². The Balaban J connectivity index is 1.32. The zero-order valence-corrected chi connectivity index (χ0v) is 19.3. The van der Waals surface area contributed by atoms with Gasteiger partial charge >= 0.3 is 0 Å². The van der Waals surface area contributed by atoms with Crippen LogP contribution in [-0.4, -0.2) is 78.8 Å². The molecule has 1 saturated heterocycles. The first-order valence-electron chi connectivity index (χ1n) is 11.7. The first-order chi connectivity index (χ1) is 15.6. The fourth-order valence-electron chi connectivity index (χ4n) is 4.36. The van der Waals surface area contributed by atoms with Gasteiger partial charge in [-0.3, -0.25) is 0 Å². The van der Waals surface area contributed by atoms with Gasteiger partial charge < -0.3 is 30.7 Å². The highest BCUT2D eigenvalue weighted by Gasteiger charge is 2.36. The molecule has 1 aliphatic carbocycles. The summed E-state index contributed by atoms with van der Waals surface area (Å²) in [6, 6.07) is 2.75. The minimum Gasteiger partial charge on any atom is -0.411 e. The van der Waals surface area contributed by atoms with Crippen molar-refractivity contribution in [1.29, 1.82) is 0 Å². The van der Waals surface area contributed by atoms with Crippen LogP contribution < -0.4 is 26.4 Å². The summed E-state index contributed by atoms with van der Waals surface area (Å²) < 4.78 is 0. The third kappa shape index (κ3) is 4.92. The number of nitrogens with one attached hydrogen (secondary N) is 4. The lowest BCUT2D eigenvalue weighted by molar-refractivity contribution is 0.115. The minimum absolute atomic E-state index is 0.262. The molecule has 1 saturated carbocycles. The fourth-order valence-corrected chi connectivity index (χ4v) is 4.36. The number of piperazine rings is 1. The van der Waals surface area contributed by atoms with E-state index in [9.17, 15) is 0 Å². The summed E-state index contributed by atoms with van der Waals surface area (Å²) in [5.41, 5.74) is 6.45. The summed E-state index contributed by atoms with van der Waals surface area (Å²) in [6.45, 7) is 6.64. The SMILES string of the molecule is CCC1C=C(CNc2nc(NC3=CC(C4CC4)N(C)N3)cc(N3CCN(C)CC3)n2)ON1. The van der Waals surface area contributed by atoms with Gasteiger partial charge in [0.25, 0.3) is 0 Å². The second-order valence-corrected chi connectivity index (χ2v) is 9.20. The van der Waals surface area contributed by atoms with E-state index in [1.165, 1.54) is 12.8 Å². The maximum atomic E-state index is 5.56. The zero-order valence-electron chi connectivity index (χ0n) is 19.3. The average Bonchev–Trinajstić information content (AvgIpc) is 3.41. The maximum Gasteiger partial charge on any atom is 0.227 e. The Kier molecular flexibility index (Phi) is 6.07. The van der Waals surface area contributed by atoms with Crippen LogP contribution in [0, 0.1) is 5.92 Å². The van der Waals surface area contributed by atoms with Gasteiger partial charge in [-0.05, 0) is 44.4 Å². The van der Waals surface area contributed by atoms with Crippen LogP contribution in [0.5, 0.6) is 0 Å².